The van der Waals surface area contributed by atoms with Crippen LogP contribution in [-0.4, -0.2) is 51.2 Å². The molecule has 0 aromatic carbocycles. The van der Waals surface area contributed by atoms with Crippen LogP contribution in [0.2, 0.25) is 0 Å². The Labute approximate surface area is 135 Å². The zero-order valence-electron chi connectivity index (χ0n) is 13.4. The molecule has 2 aromatic rings. The van der Waals surface area contributed by atoms with E-state index in [0.29, 0.717) is 17.4 Å². The van der Waals surface area contributed by atoms with Gasteiger partial charge in [0.15, 0.2) is 5.65 Å². The van der Waals surface area contributed by atoms with Crippen LogP contribution in [-0.2, 0) is 0 Å². The number of likely N-dealkylation sites (tertiary alicyclic amines) is 1. The van der Waals surface area contributed by atoms with Crippen molar-refractivity contribution in [1.29, 1.82) is 0 Å². The van der Waals surface area contributed by atoms with Crippen molar-refractivity contribution in [2.45, 2.75) is 38.6 Å². The zero-order chi connectivity index (χ0) is 15.8. The maximum Gasteiger partial charge on any atom is 0.321 e. The summed E-state index contributed by atoms with van der Waals surface area (Å²) in [6.45, 7) is 4.92. The fourth-order valence-electron chi connectivity index (χ4n) is 3.50. The summed E-state index contributed by atoms with van der Waals surface area (Å²) in [5.74, 6) is 0.958. The molecular weight excluding hydrogens is 292 g/mol. The van der Waals surface area contributed by atoms with Crippen molar-refractivity contribution in [3.05, 3.63) is 18.5 Å². The first kappa shape index (κ1) is 14.3. The van der Waals surface area contributed by atoms with Gasteiger partial charge < -0.3 is 15.1 Å². The Bertz CT molecular complexity index is 720. The van der Waals surface area contributed by atoms with E-state index in [1.807, 2.05) is 17.2 Å². The van der Waals surface area contributed by atoms with Crippen LogP contribution < -0.4 is 10.2 Å². The SMILES string of the molecule is CC1CCCN1c1ccn2ncc(NC(=O)N3CCCC3)c2n1. The molecule has 2 aromatic heterocycles. The number of anilines is 2. The second-order valence-electron chi connectivity index (χ2n) is 6.42. The van der Waals surface area contributed by atoms with Crippen LogP contribution in [0.1, 0.15) is 32.6 Å². The quantitative estimate of drug-likeness (QED) is 0.924. The van der Waals surface area contributed by atoms with Crippen molar-refractivity contribution in [1.82, 2.24) is 19.5 Å². The van der Waals surface area contributed by atoms with Crippen LogP contribution in [0.3, 0.4) is 0 Å². The van der Waals surface area contributed by atoms with Gasteiger partial charge in [-0.2, -0.15) is 5.10 Å². The van der Waals surface area contributed by atoms with Gasteiger partial charge in [0, 0.05) is 31.9 Å². The fraction of sp³-hybridized carbons (Fsp3) is 0.562. The van der Waals surface area contributed by atoms with Gasteiger partial charge in [-0.25, -0.2) is 14.3 Å². The lowest BCUT2D eigenvalue weighted by Crippen LogP contribution is -2.32. The van der Waals surface area contributed by atoms with Crippen molar-refractivity contribution in [2.24, 2.45) is 0 Å². The van der Waals surface area contributed by atoms with E-state index < -0.39 is 0 Å². The van der Waals surface area contributed by atoms with Gasteiger partial charge in [-0.15, -0.1) is 0 Å². The van der Waals surface area contributed by atoms with Crippen LogP contribution in [0.4, 0.5) is 16.3 Å². The number of hydrogen-bond donors (Lipinski definition) is 1. The highest BCUT2D eigenvalue weighted by molar-refractivity contribution is 5.93. The standard InChI is InChI=1S/C16H22N6O/c1-12-5-4-9-21(12)14-6-10-22-15(19-14)13(11-17-22)18-16(23)20-7-2-3-8-20/h6,10-12H,2-5,7-9H2,1H3,(H,18,23). The van der Waals surface area contributed by atoms with Crippen molar-refractivity contribution >= 4 is 23.2 Å². The highest BCUT2D eigenvalue weighted by Gasteiger charge is 2.23. The van der Waals surface area contributed by atoms with Crippen LogP contribution in [0, 0.1) is 0 Å². The first-order valence-electron chi connectivity index (χ1n) is 8.39. The van der Waals surface area contributed by atoms with Crippen LogP contribution in [0.25, 0.3) is 5.65 Å². The van der Waals surface area contributed by atoms with Crippen molar-refractivity contribution in [3.63, 3.8) is 0 Å². The van der Waals surface area contributed by atoms with Crippen molar-refractivity contribution < 1.29 is 4.79 Å². The van der Waals surface area contributed by atoms with Crippen LogP contribution in [0.5, 0.6) is 0 Å². The maximum absolute atomic E-state index is 12.3. The molecule has 0 aliphatic carbocycles. The topological polar surface area (TPSA) is 65.8 Å². The number of carbonyl (C=O) groups is 1. The van der Waals surface area contributed by atoms with Gasteiger partial charge in [-0.1, -0.05) is 0 Å². The minimum Gasteiger partial charge on any atom is -0.354 e. The minimum absolute atomic E-state index is 0.0563. The molecule has 2 fully saturated rings. The fourth-order valence-corrected chi connectivity index (χ4v) is 3.50. The smallest absolute Gasteiger partial charge is 0.321 e. The van der Waals surface area contributed by atoms with Crippen molar-refractivity contribution in [2.75, 3.05) is 29.9 Å². The van der Waals surface area contributed by atoms with Gasteiger partial charge in [-0.05, 0) is 38.7 Å². The molecular formula is C16H22N6O. The van der Waals surface area contributed by atoms with E-state index in [2.05, 4.69) is 22.2 Å². The number of rotatable bonds is 2. The van der Waals surface area contributed by atoms with E-state index in [4.69, 9.17) is 4.98 Å². The van der Waals surface area contributed by atoms with Gasteiger partial charge in [0.25, 0.3) is 0 Å². The monoisotopic (exact) mass is 314 g/mol. The molecule has 23 heavy (non-hydrogen) atoms. The molecule has 0 bridgehead atoms. The molecule has 7 nitrogen and oxygen atoms in total. The summed E-state index contributed by atoms with van der Waals surface area (Å²) in [7, 11) is 0. The molecule has 7 heteroatoms. The normalized spacial score (nSPS) is 21.3. The number of aromatic nitrogens is 3. The Morgan fingerprint density at radius 2 is 2.09 bits per heavy atom. The molecule has 4 rings (SSSR count). The van der Waals surface area contributed by atoms with E-state index in [0.717, 1.165) is 38.3 Å². The van der Waals surface area contributed by atoms with Gasteiger partial charge in [-0.3, -0.25) is 0 Å². The second kappa shape index (κ2) is 5.72. The van der Waals surface area contributed by atoms with Gasteiger partial charge >= 0.3 is 6.03 Å². The molecule has 0 radical (unpaired) electrons. The van der Waals surface area contributed by atoms with E-state index in [-0.39, 0.29) is 6.03 Å². The summed E-state index contributed by atoms with van der Waals surface area (Å²) < 4.78 is 1.71. The Morgan fingerprint density at radius 3 is 2.83 bits per heavy atom. The number of nitrogens with one attached hydrogen (secondary N) is 1. The van der Waals surface area contributed by atoms with Crippen LogP contribution in [0.15, 0.2) is 18.5 Å². The third-order valence-electron chi connectivity index (χ3n) is 4.84. The minimum atomic E-state index is -0.0563. The Balaban J connectivity index is 1.60. The largest absolute Gasteiger partial charge is 0.354 e. The second-order valence-corrected chi connectivity index (χ2v) is 6.42. The highest BCUT2D eigenvalue weighted by Crippen LogP contribution is 2.25. The highest BCUT2D eigenvalue weighted by atomic mass is 16.2. The maximum atomic E-state index is 12.3. The summed E-state index contributed by atoms with van der Waals surface area (Å²) in [4.78, 5) is 21.2. The molecule has 0 saturated carbocycles. The summed E-state index contributed by atoms with van der Waals surface area (Å²) >= 11 is 0. The van der Waals surface area contributed by atoms with E-state index in [1.165, 1.54) is 12.8 Å². The van der Waals surface area contributed by atoms with Gasteiger partial charge in [0.1, 0.15) is 11.5 Å². The molecule has 2 aliphatic rings. The molecule has 1 atom stereocenters. The number of amides is 2. The lowest BCUT2D eigenvalue weighted by atomic mass is 10.2. The average molecular weight is 314 g/mol. The van der Waals surface area contributed by atoms with E-state index >= 15 is 0 Å². The molecule has 2 amide bonds. The predicted octanol–water partition coefficient (Wildman–Crippen LogP) is 2.35. The lowest BCUT2D eigenvalue weighted by molar-refractivity contribution is 0.222. The number of fused-ring (bicyclic) bond motifs is 1. The summed E-state index contributed by atoms with van der Waals surface area (Å²) in [6, 6.07) is 2.45. The van der Waals surface area contributed by atoms with E-state index in [9.17, 15) is 4.79 Å². The first-order valence-corrected chi connectivity index (χ1v) is 8.39. The summed E-state index contributed by atoms with van der Waals surface area (Å²) in [5.41, 5.74) is 1.38. The summed E-state index contributed by atoms with van der Waals surface area (Å²) in [5, 5.41) is 7.25. The molecule has 4 heterocycles. The zero-order valence-corrected chi connectivity index (χ0v) is 13.4. The third kappa shape index (κ3) is 2.60. The Kier molecular flexibility index (Phi) is 3.55. The number of urea groups is 1. The van der Waals surface area contributed by atoms with Gasteiger partial charge in [0.2, 0.25) is 0 Å². The molecule has 0 spiro atoms. The molecule has 2 aliphatic heterocycles. The molecule has 122 valence electrons. The Hall–Kier alpha value is -2.31. The average Bonchev–Trinajstić information content (AvgIpc) is 3.28. The van der Waals surface area contributed by atoms with Crippen LogP contribution >= 0.6 is 0 Å². The lowest BCUT2D eigenvalue weighted by Gasteiger charge is -2.22. The Morgan fingerprint density at radius 1 is 1.26 bits per heavy atom. The molecule has 1 N–H and O–H groups in total. The first-order chi connectivity index (χ1) is 11.2. The molecule has 2 saturated heterocycles. The molecule has 1 unspecified atom stereocenters. The number of hydrogen-bond acceptors (Lipinski definition) is 4. The predicted molar refractivity (Wildman–Crippen MR) is 88.9 cm³/mol. The summed E-state index contributed by atoms with van der Waals surface area (Å²) in [6.07, 6.45) is 8.15. The number of carbonyl (C=O) groups excluding carboxylic acids is 1. The van der Waals surface area contributed by atoms with E-state index in [1.54, 1.807) is 10.7 Å². The van der Waals surface area contributed by atoms with Gasteiger partial charge in [0.05, 0.1) is 6.20 Å². The van der Waals surface area contributed by atoms with Crippen molar-refractivity contribution in [3.8, 4) is 0 Å². The number of nitrogens with zero attached hydrogens (tertiary/aromatic N) is 5. The third-order valence-corrected chi connectivity index (χ3v) is 4.84.